The van der Waals surface area contributed by atoms with Gasteiger partial charge < -0.3 is 15.2 Å². The third-order valence-electron chi connectivity index (χ3n) is 2.48. The first kappa shape index (κ1) is 11.8. The number of hydrogen-bond acceptors (Lipinski definition) is 5. The van der Waals surface area contributed by atoms with E-state index in [0.717, 1.165) is 38.5 Å². The van der Waals surface area contributed by atoms with Gasteiger partial charge in [-0.3, -0.25) is 4.90 Å². The van der Waals surface area contributed by atoms with Crippen molar-refractivity contribution >= 4 is 6.09 Å². The monoisotopic (exact) mass is 237 g/mol. The Morgan fingerprint density at radius 3 is 2.94 bits per heavy atom. The van der Waals surface area contributed by atoms with Crippen molar-refractivity contribution in [2.45, 2.75) is 6.54 Å². The molecule has 2 heterocycles. The maximum Gasteiger partial charge on any atom is 0.411 e. The summed E-state index contributed by atoms with van der Waals surface area (Å²) >= 11 is 0. The molecule has 1 fully saturated rings. The van der Waals surface area contributed by atoms with Gasteiger partial charge in [0.05, 0.1) is 18.9 Å². The second-order valence-corrected chi connectivity index (χ2v) is 3.78. The number of carbonyl (C=O) groups excluding carboxylic acids is 1. The molecule has 1 amide bonds. The van der Waals surface area contributed by atoms with Crippen LogP contribution in [0.5, 0.6) is 5.88 Å². The lowest BCUT2D eigenvalue weighted by molar-refractivity contribution is 0.0336. The van der Waals surface area contributed by atoms with Crippen molar-refractivity contribution in [3.05, 3.63) is 23.9 Å². The average Bonchev–Trinajstić information content (AvgIpc) is 2.30. The predicted molar refractivity (Wildman–Crippen MR) is 60.5 cm³/mol. The summed E-state index contributed by atoms with van der Waals surface area (Å²) in [4.78, 5) is 17.0. The molecular formula is C11H15N3O3. The number of nitrogens with two attached hydrogens (primary N) is 1. The van der Waals surface area contributed by atoms with Crippen molar-refractivity contribution in [3.8, 4) is 5.88 Å². The van der Waals surface area contributed by atoms with Crippen LogP contribution in [0.3, 0.4) is 0 Å². The zero-order valence-corrected chi connectivity index (χ0v) is 9.46. The first-order valence-corrected chi connectivity index (χ1v) is 5.47. The number of aromatic nitrogens is 1. The first-order valence-electron chi connectivity index (χ1n) is 5.47. The van der Waals surface area contributed by atoms with Gasteiger partial charge in [-0.1, -0.05) is 6.07 Å². The van der Waals surface area contributed by atoms with Crippen LogP contribution in [0.25, 0.3) is 0 Å². The van der Waals surface area contributed by atoms with E-state index < -0.39 is 6.09 Å². The largest absolute Gasteiger partial charge is 0.411 e. The van der Waals surface area contributed by atoms with Crippen LogP contribution in [0.4, 0.5) is 4.79 Å². The molecule has 1 aliphatic rings. The molecule has 1 aromatic rings. The molecule has 1 aromatic heterocycles. The fraction of sp³-hybridized carbons (Fsp3) is 0.455. The van der Waals surface area contributed by atoms with E-state index in [9.17, 15) is 4.79 Å². The van der Waals surface area contributed by atoms with Gasteiger partial charge in [-0.05, 0) is 6.07 Å². The van der Waals surface area contributed by atoms with Crippen LogP contribution in [-0.4, -0.2) is 42.3 Å². The fourth-order valence-electron chi connectivity index (χ4n) is 1.69. The maximum atomic E-state index is 10.6. The van der Waals surface area contributed by atoms with Gasteiger partial charge in [0.2, 0.25) is 5.88 Å². The normalized spacial score (nSPS) is 16.7. The quantitative estimate of drug-likeness (QED) is 0.821. The van der Waals surface area contributed by atoms with E-state index >= 15 is 0 Å². The van der Waals surface area contributed by atoms with Crippen LogP contribution in [0.15, 0.2) is 18.2 Å². The molecule has 1 saturated heterocycles. The summed E-state index contributed by atoms with van der Waals surface area (Å²) < 4.78 is 9.99. The van der Waals surface area contributed by atoms with Gasteiger partial charge in [0.15, 0.2) is 0 Å². The molecule has 0 bridgehead atoms. The lowest BCUT2D eigenvalue weighted by Crippen LogP contribution is -2.35. The summed E-state index contributed by atoms with van der Waals surface area (Å²) in [5, 5.41) is 0. The maximum absolute atomic E-state index is 10.6. The van der Waals surface area contributed by atoms with Crippen LogP contribution in [0, 0.1) is 0 Å². The van der Waals surface area contributed by atoms with Crippen molar-refractivity contribution in [1.29, 1.82) is 0 Å². The van der Waals surface area contributed by atoms with Gasteiger partial charge in [-0.2, -0.15) is 0 Å². The lowest BCUT2D eigenvalue weighted by Gasteiger charge is -2.26. The van der Waals surface area contributed by atoms with Gasteiger partial charge in [0.25, 0.3) is 0 Å². The van der Waals surface area contributed by atoms with Crippen LogP contribution in [-0.2, 0) is 11.3 Å². The molecular weight excluding hydrogens is 222 g/mol. The van der Waals surface area contributed by atoms with Crippen molar-refractivity contribution in [2.24, 2.45) is 5.73 Å². The molecule has 92 valence electrons. The molecule has 0 atom stereocenters. The number of pyridine rings is 1. The Morgan fingerprint density at radius 2 is 2.24 bits per heavy atom. The number of nitrogens with zero attached hydrogens (tertiary/aromatic N) is 2. The zero-order chi connectivity index (χ0) is 12.1. The highest BCUT2D eigenvalue weighted by Crippen LogP contribution is 2.10. The highest BCUT2D eigenvalue weighted by atomic mass is 16.6. The molecule has 0 aliphatic carbocycles. The Bertz CT molecular complexity index is 391. The summed E-state index contributed by atoms with van der Waals surface area (Å²) in [5.41, 5.74) is 5.78. The fourth-order valence-corrected chi connectivity index (χ4v) is 1.69. The SMILES string of the molecule is NC(=O)Oc1cccc(CN2CCOCC2)n1. The Balaban J connectivity index is 1.97. The number of rotatable bonds is 3. The number of morpholine rings is 1. The van der Waals surface area contributed by atoms with Crippen molar-refractivity contribution in [1.82, 2.24) is 9.88 Å². The van der Waals surface area contributed by atoms with E-state index in [2.05, 4.69) is 9.88 Å². The third-order valence-corrected chi connectivity index (χ3v) is 2.48. The van der Waals surface area contributed by atoms with E-state index in [1.807, 2.05) is 6.07 Å². The zero-order valence-electron chi connectivity index (χ0n) is 9.46. The standard InChI is InChI=1S/C11H15N3O3/c12-11(15)17-10-3-1-2-9(13-10)8-14-4-6-16-7-5-14/h1-3H,4-8H2,(H2,12,15). The van der Waals surface area contributed by atoms with Gasteiger partial charge in [0, 0.05) is 25.7 Å². The van der Waals surface area contributed by atoms with Crippen LogP contribution in [0.1, 0.15) is 5.69 Å². The third kappa shape index (κ3) is 3.69. The molecule has 0 aromatic carbocycles. The number of amides is 1. The number of ether oxygens (including phenoxy) is 2. The molecule has 1 aliphatic heterocycles. The van der Waals surface area contributed by atoms with E-state index in [0.29, 0.717) is 0 Å². The molecule has 0 saturated carbocycles. The topological polar surface area (TPSA) is 77.7 Å². The Labute approximate surface area is 99.3 Å². The summed E-state index contributed by atoms with van der Waals surface area (Å²) in [5.74, 6) is 0.239. The molecule has 0 radical (unpaired) electrons. The highest BCUT2D eigenvalue weighted by molar-refractivity contribution is 5.67. The Hall–Kier alpha value is -1.66. The summed E-state index contributed by atoms with van der Waals surface area (Å²) in [6.07, 6.45) is -0.846. The van der Waals surface area contributed by atoms with Gasteiger partial charge in [0.1, 0.15) is 0 Å². The minimum absolute atomic E-state index is 0.239. The second-order valence-electron chi connectivity index (χ2n) is 3.78. The molecule has 0 spiro atoms. The predicted octanol–water partition coefficient (Wildman–Crippen LogP) is 0.371. The molecule has 2 N–H and O–H groups in total. The minimum Gasteiger partial charge on any atom is -0.391 e. The van der Waals surface area contributed by atoms with Gasteiger partial charge in [-0.25, -0.2) is 9.78 Å². The van der Waals surface area contributed by atoms with Crippen LogP contribution >= 0.6 is 0 Å². The molecule has 2 rings (SSSR count). The van der Waals surface area contributed by atoms with Gasteiger partial charge >= 0.3 is 6.09 Å². The van der Waals surface area contributed by atoms with E-state index in [-0.39, 0.29) is 5.88 Å². The molecule has 6 heteroatoms. The Morgan fingerprint density at radius 1 is 1.47 bits per heavy atom. The van der Waals surface area contributed by atoms with Crippen LogP contribution < -0.4 is 10.5 Å². The number of hydrogen-bond donors (Lipinski definition) is 1. The molecule has 0 unspecified atom stereocenters. The van der Waals surface area contributed by atoms with E-state index in [1.54, 1.807) is 12.1 Å². The lowest BCUT2D eigenvalue weighted by atomic mass is 10.3. The minimum atomic E-state index is -0.846. The molecule has 6 nitrogen and oxygen atoms in total. The highest BCUT2D eigenvalue weighted by Gasteiger charge is 2.11. The van der Waals surface area contributed by atoms with E-state index in [4.69, 9.17) is 15.2 Å². The number of primary amides is 1. The van der Waals surface area contributed by atoms with Crippen molar-refractivity contribution in [2.75, 3.05) is 26.3 Å². The van der Waals surface area contributed by atoms with Crippen LogP contribution in [0.2, 0.25) is 0 Å². The molecule has 17 heavy (non-hydrogen) atoms. The smallest absolute Gasteiger partial charge is 0.391 e. The second kappa shape index (κ2) is 5.60. The van der Waals surface area contributed by atoms with Crippen molar-refractivity contribution < 1.29 is 14.3 Å². The van der Waals surface area contributed by atoms with E-state index in [1.165, 1.54) is 0 Å². The summed E-state index contributed by atoms with van der Waals surface area (Å²) in [6, 6.07) is 5.29. The summed E-state index contributed by atoms with van der Waals surface area (Å²) in [7, 11) is 0. The summed E-state index contributed by atoms with van der Waals surface area (Å²) in [6.45, 7) is 4.00. The van der Waals surface area contributed by atoms with Gasteiger partial charge in [-0.15, -0.1) is 0 Å². The Kier molecular flexibility index (Phi) is 3.89. The number of carbonyl (C=O) groups is 1. The van der Waals surface area contributed by atoms with Crippen molar-refractivity contribution in [3.63, 3.8) is 0 Å². The average molecular weight is 237 g/mol. The first-order chi connectivity index (χ1) is 8.24.